The van der Waals surface area contributed by atoms with E-state index in [4.69, 9.17) is 14.5 Å². The van der Waals surface area contributed by atoms with Gasteiger partial charge in [-0.25, -0.2) is 4.98 Å². The monoisotopic (exact) mass is 417 g/mol. The van der Waals surface area contributed by atoms with Crippen molar-refractivity contribution >= 4 is 32.6 Å². The summed E-state index contributed by atoms with van der Waals surface area (Å²) in [5.74, 6) is 1.23. The van der Waals surface area contributed by atoms with Crippen molar-refractivity contribution < 1.29 is 14.3 Å². The van der Waals surface area contributed by atoms with Crippen LogP contribution in [0.25, 0.3) is 10.2 Å². The van der Waals surface area contributed by atoms with Crippen molar-refractivity contribution in [3.63, 3.8) is 0 Å². The summed E-state index contributed by atoms with van der Waals surface area (Å²) in [5, 5.41) is 4.75. The summed E-state index contributed by atoms with van der Waals surface area (Å²) in [7, 11) is 5.00. The SMILES string of the molecule is CCN(CC)CCN(C(=O)c1ccnn1C)c1nc2c(OC)ccc(OC)c2s1. The maximum atomic E-state index is 13.4. The molecule has 2 heterocycles. The van der Waals surface area contributed by atoms with Crippen molar-refractivity contribution in [3.05, 3.63) is 30.1 Å². The molecule has 0 saturated heterocycles. The summed E-state index contributed by atoms with van der Waals surface area (Å²) in [6.45, 7) is 7.35. The van der Waals surface area contributed by atoms with E-state index < -0.39 is 0 Å². The number of nitrogens with zero attached hydrogens (tertiary/aromatic N) is 5. The third kappa shape index (κ3) is 4.20. The number of carbonyl (C=O) groups excluding carboxylic acids is 1. The van der Waals surface area contributed by atoms with Gasteiger partial charge in [-0.3, -0.25) is 14.4 Å². The Balaban J connectivity index is 2.05. The minimum atomic E-state index is -0.130. The third-order valence-corrected chi connectivity index (χ3v) is 6.04. The lowest BCUT2D eigenvalue weighted by Gasteiger charge is -2.24. The van der Waals surface area contributed by atoms with E-state index in [1.54, 1.807) is 43.1 Å². The first-order valence-electron chi connectivity index (χ1n) is 9.57. The maximum Gasteiger partial charge on any atom is 0.278 e. The van der Waals surface area contributed by atoms with E-state index in [0.717, 1.165) is 24.3 Å². The standard InChI is InChI=1S/C20H27N5O3S/c1-6-24(7-2)12-13-25(19(26)14-10-11-21-23(14)3)20-22-17-15(27-4)8-9-16(28-5)18(17)29-20/h8-11H,6-7,12-13H2,1-5H3. The number of anilines is 1. The number of carbonyl (C=O) groups is 1. The molecule has 29 heavy (non-hydrogen) atoms. The van der Waals surface area contributed by atoms with E-state index in [1.807, 2.05) is 12.1 Å². The van der Waals surface area contributed by atoms with Gasteiger partial charge in [-0.2, -0.15) is 5.10 Å². The van der Waals surface area contributed by atoms with Gasteiger partial charge in [-0.1, -0.05) is 25.2 Å². The van der Waals surface area contributed by atoms with Crippen molar-refractivity contribution in [3.8, 4) is 11.5 Å². The molecule has 9 heteroatoms. The van der Waals surface area contributed by atoms with Crippen molar-refractivity contribution in [2.75, 3.05) is 45.3 Å². The van der Waals surface area contributed by atoms with E-state index in [1.165, 1.54) is 11.3 Å². The van der Waals surface area contributed by atoms with E-state index >= 15 is 0 Å². The van der Waals surface area contributed by atoms with E-state index in [9.17, 15) is 4.79 Å². The van der Waals surface area contributed by atoms with E-state index in [-0.39, 0.29) is 5.91 Å². The Bertz CT molecular complexity index is 939. The molecule has 0 atom stereocenters. The normalized spacial score (nSPS) is 11.2. The first kappa shape index (κ1) is 21.1. The zero-order valence-electron chi connectivity index (χ0n) is 17.5. The number of thiazole rings is 1. The molecule has 8 nitrogen and oxygen atoms in total. The number of hydrogen-bond acceptors (Lipinski definition) is 7. The average molecular weight is 418 g/mol. The minimum Gasteiger partial charge on any atom is -0.495 e. The number of likely N-dealkylation sites (N-methyl/N-ethyl adjacent to an activating group) is 1. The highest BCUT2D eigenvalue weighted by atomic mass is 32.1. The summed E-state index contributed by atoms with van der Waals surface area (Å²) >= 11 is 1.43. The Morgan fingerprint density at radius 3 is 2.38 bits per heavy atom. The molecule has 0 radical (unpaired) electrons. The largest absolute Gasteiger partial charge is 0.495 e. The van der Waals surface area contributed by atoms with Crippen LogP contribution in [0.4, 0.5) is 5.13 Å². The summed E-state index contributed by atoms with van der Waals surface area (Å²) in [6, 6.07) is 5.40. The predicted molar refractivity (Wildman–Crippen MR) is 115 cm³/mol. The molecule has 0 aliphatic carbocycles. The van der Waals surface area contributed by atoms with Gasteiger partial charge >= 0.3 is 0 Å². The summed E-state index contributed by atoms with van der Waals surface area (Å²) in [5.41, 5.74) is 1.21. The minimum absolute atomic E-state index is 0.130. The zero-order chi connectivity index (χ0) is 21.0. The van der Waals surface area contributed by atoms with Crippen LogP contribution in [0, 0.1) is 0 Å². The Kier molecular flexibility index (Phi) is 6.71. The molecule has 1 amide bonds. The van der Waals surface area contributed by atoms with Gasteiger partial charge in [0.05, 0.1) is 14.2 Å². The Morgan fingerprint density at radius 1 is 1.10 bits per heavy atom. The maximum absolute atomic E-state index is 13.4. The highest BCUT2D eigenvalue weighted by Gasteiger charge is 2.25. The lowest BCUT2D eigenvalue weighted by Crippen LogP contribution is -2.39. The summed E-state index contributed by atoms with van der Waals surface area (Å²) in [6.07, 6.45) is 1.63. The molecule has 0 spiro atoms. The van der Waals surface area contributed by atoms with Gasteiger partial charge in [-0.15, -0.1) is 0 Å². The molecule has 3 rings (SSSR count). The van der Waals surface area contributed by atoms with E-state index in [0.29, 0.717) is 34.4 Å². The van der Waals surface area contributed by atoms with Crippen LogP contribution >= 0.6 is 11.3 Å². The number of fused-ring (bicyclic) bond motifs is 1. The highest BCUT2D eigenvalue weighted by molar-refractivity contribution is 7.22. The van der Waals surface area contributed by atoms with E-state index in [2.05, 4.69) is 23.8 Å². The van der Waals surface area contributed by atoms with Crippen LogP contribution in [-0.2, 0) is 7.05 Å². The van der Waals surface area contributed by atoms with Gasteiger partial charge in [0, 0.05) is 26.3 Å². The van der Waals surface area contributed by atoms with Crippen LogP contribution in [0.5, 0.6) is 11.5 Å². The van der Waals surface area contributed by atoms with Crippen molar-refractivity contribution in [2.24, 2.45) is 7.05 Å². The van der Waals surface area contributed by atoms with Crippen LogP contribution in [0.2, 0.25) is 0 Å². The van der Waals surface area contributed by atoms with Gasteiger partial charge < -0.3 is 14.4 Å². The lowest BCUT2D eigenvalue weighted by molar-refractivity contribution is 0.0974. The smallest absolute Gasteiger partial charge is 0.278 e. The molecule has 0 unspecified atom stereocenters. The fourth-order valence-electron chi connectivity index (χ4n) is 3.18. The second-order valence-electron chi connectivity index (χ2n) is 6.47. The number of aryl methyl sites for hydroxylation is 1. The topological polar surface area (TPSA) is 72.7 Å². The summed E-state index contributed by atoms with van der Waals surface area (Å²) < 4.78 is 13.4. The van der Waals surface area contributed by atoms with Gasteiger partial charge in [0.15, 0.2) is 5.13 Å². The molecule has 3 aromatic rings. The van der Waals surface area contributed by atoms with Crippen LogP contribution in [0.1, 0.15) is 24.3 Å². The molecular weight excluding hydrogens is 390 g/mol. The Labute approximate surface area is 174 Å². The van der Waals surface area contributed by atoms with Crippen LogP contribution in [-0.4, -0.2) is 66.0 Å². The molecule has 0 bridgehead atoms. The second-order valence-corrected chi connectivity index (χ2v) is 7.45. The van der Waals surface area contributed by atoms with Crippen LogP contribution in [0.3, 0.4) is 0 Å². The molecule has 0 N–H and O–H groups in total. The number of methoxy groups -OCH3 is 2. The number of amides is 1. The number of rotatable bonds is 9. The fraction of sp³-hybridized carbons (Fsp3) is 0.450. The van der Waals surface area contributed by atoms with Crippen molar-refractivity contribution in [2.45, 2.75) is 13.8 Å². The van der Waals surface area contributed by atoms with Gasteiger partial charge in [0.2, 0.25) is 0 Å². The number of hydrogen-bond donors (Lipinski definition) is 0. The molecule has 156 valence electrons. The first-order valence-corrected chi connectivity index (χ1v) is 10.4. The zero-order valence-corrected chi connectivity index (χ0v) is 18.3. The lowest BCUT2D eigenvalue weighted by atomic mass is 10.3. The molecule has 0 saturated carbocycles. The van der Waals surface area contributed by atoms with Gasteiger partial charge in [0.1, 0.15) is 27.4 Å². The number of benzene rings is 1. The second kappa shape index (κ2) is 9.23. The average Bonchev–Trinajstić information content (AvgIpc) is 3.36. The Hall–Kier alpha value is -2.65. The molecule has 0 aliphatic heterocycles. The molecule has 2 aromatic heterocycles. The predicted octanol–water partition coefficient (Wildman–Crippen LogP) is 3.04. The fourth-order valence-corrected chi connectivity index (χ4v) is 4.28. The highest BCUT2D eigenvalue weighted by Crippen LogP contribution is 2.40. The first-order chi connectivity index (χ1) is 14.0. The van der Waals surface area contributed by atoms with Gasteiger partial charge in [-0.05, 0) is 31.3 Å². The van der Waals surface area contributed by atoms with Crippen LogP contribution < -0.4 is 14.4 Å². The third-order valence-electron chi connectivity index (χ3n) is 4.95. The van der Waals surface area contributed by atoms with Crippen molar-refractivity contribution in [1.82, 2.24) is 19.7 Å². The van der Waals surface area contributed by atoms with Crippen LogP contribution in [0.15, 0.2) is 24.4 Å². The molecule has 0 fully saturated rings. The quantitative estimate of drug-likeness (QED) is 0.533. The number of ether oxygens (including phenoxy) is 2. The molecular formula is C20H27N5O3S. The summed E-state index contributed by atoms with van der Waals surface area (Å²) in [4.78, 5) is 22.1. The molecule has 1 aromatic carbocycles. The molecule has 0 aliphatic rings. The Morgan fingerprint density at radius 2 is 1.79 bits per heavy atom. The van der Waals surface area contributed by atoms with Gasteiger partial charge in [0.25, 0.3) is 5.91 Å². The van der Waals surface area contributed by atoms with Crippen molar-refractivity contribution in [1.29, 1.82) is 0 Å². The number of aromatic nitrogens is 3.